The smallest absolute Gasteiger partial charge is 0.141 e. The largest absolute Gasteiger partial charge is 0.299 e. The maximum absolute atomic E-state index is 12.2. The van der Waals surface area contributed by atoms with Crippen LogP contribution < -0.4 is 0 Å². The summed E-state index contributed by atoms with van der Waals surface area (Å²) >= 11 is 0. The maximum Gasteiger partial charge on any atom is 0.141 e. The van der Waals surface area contributed by atoms with Crippen LogP contribution in [-0.4, -0.2) is 5.78 Å². The summed E-state index contributed by atoms with van der Waals surface area (Å²) in [4.78, 5) is 12.2. The molecule has 2 fully saturated rings. The highest BCUT2D eigenvalue weighted by Crippen LogP contribution is 2.43. The molecule has 0 unspecified atom stereocenters. The molecule has 0 aromatic carbocycles. The molecule has 0 radical (unpaired) electrons. The molecule has 1 heteroatoms. The van der Waals surface area contributed by atoms with Crippen molar-refractivity contribution in [2.24, 2.45) is 11.3 Å². The Kier molecular flexibility index (Phi) is 2.44. The van der Waals surface area contributed by atoms with Crippen molar-refractivity contribution in [1.29, 1.82) is 0 Å². The Morgan fingerprint density at radius 1 is 1.08 bits per heavy atom. The van der Waals surface area contributed by atoms with E-state index in [0.29, 0.717) is 11.7 Å². The Hall–Kier alpha value is -0.330. The van der Waals surface area contributed by atoms with E-state index >= 15 is 0 Å². The summed E-state index contributed by atoms with van der Waals surface area (Å²) in [6, 6.07) is 0. The van der Waals surface area contributed by atoms with E-state index in [1.807, 2.05) is 0 Å². The molecule has 13 heavy (non-hydrogen) atoms. The van der Waals surface area contributed by atoms with Crippen molar-refractivity contribution < 1.29 is 4.79 Å². The number of Topliss-reactive ketones (excluding diaryl/α,β-unsaturated/α-hetero) is 1. The molecule has 0 atom stereocenters. The molecule has 2 rings (SSSR count). The van der Waals surface area contributed by atoms with Gasteiger partial charge in [-0.15, -0.1) is 0 Å². The zero-order valence-electron chi connectivity index (χ0n) is 8.64. The average molecular weight is 180 g/mol. The minimum absolute atomic E-state index is 0.0784. The average Bonchev–Trinajstić information content (AvgIpc) is 2.73. The van der Waals surface area contributed by atoms with Gasteiger partial charge in [0.1, 0.15) is 5.78 Å². The number of hydrogen-bond acceptors (Lipinski definition) is 1. The highest BCUT2D eigenvalue weighted by atomic mass is 16.1. The number of rotatable bonds is 2. The van der Waals surface area contributed by atoms with Crippen LogP contribution in [0.5, 0.6) is 0 Å². The monoisotopic (exact) mass is 180 g/mol. The Morgan fingerprint density at radius 2 is 1.62 bits per heavy atom. The molecule has 0 aromatic heterocycles. The molecule has 1 nitrogen and oxygen atoms in total. The van der Waals surface area contributed by atoms with Crippen molar-refractivity contribution in [2.45, 2.75) is 58.3 Å². The molecule has 0 bridgehead atoms. The summed E-state index contributed by atoms with van der Waals surface area (Å²) < 4.78 is 0. The van der Waals surface area contributed by atoms with Crippen LogP contribution in [0.4, 0.5) is 0 Å². The molecule has 0 aliphatic heterocycles. The first-order valence-electron chi connectivity index (χ1n) is 5.77. The van der Waals surface area contributed by atoms with Gasteiger partial charge in [-0.2, -0.15) is 0 Å². The fourth-order valence-corrected chi connectivity index (χ4v) is 3.08. The lowest BCUT2D eigenvalue weighted by Gasteiger charge is -2.25. The highest BCUT2D eigenvalue weighted by Gasteiger charge is 2.40. The lowest BCUT2D eigenvalue weighted by atomic mass is 9.77. The van der Waals surface area contributed by atoms with E-state index in [9.17, 15) is 4.79 Å². The number of carbonyl (C=O) groups is 1. The molecule has 2 saturated carbocycles. The van der Waals surface area contributed by atoms with Crippen molar-refractivity contribution >= 4 is 5.78 Å². The predicted molar refractivity (Wildman–Crippen MR) is 53.5 cm³/mol. The summed E-state index contributed by atoms with van der Waals surface area (Å²) in [7, 11) is 0. The van der Waals surface area contributed by atoms with E-state index in [2.05, 4.69) is 6.92 Å². The van der Waals surface area contributed by atoms with Gasteiger partial charge in [-0.3, -0.25) is 4.79 Å². The Balaban J connectivity index is 2.02. The number of hydrogen-bond donors (Lipinski definition) is 0. The zero-order valence-corrected chi connectivity index (χ0v) is 8.64. The third-order valence-electron chi connectivity index (χ3n) is 4.03. The second-order valence-corrected chi connectivity index (χ2v) is 5.11. The van der Waals surface area contributed by atoms with Crippen molar-refractivity contribution in [3.05, 3.63) is 0 Å². The fourth-order valence-electron chi connectivity index (χ4n) is 3.08. The topological polar surface area (TPSA) is 17.1 Å². The first kappa shape index (κ1) is 9.23. The molecule has 2 aliphatic carbocycles. The Labute approximate surface area is 80.9 Å². The van der Waals surface area contributed by atoms with Crippen LogP contribution in [0.25, 0.3) is 0 Å². The van der Waals surface area contributed by atoms with Crippen molar-refractivity contribution in [2.75, 3.05) is 0 Å². The van der Waals surface area contributed by atoms with E-state index < -0.39 is 0 Å². The standard InChI is InChI=1S/C12H20O/c1-12(8-4-5-9-12)11(13)10-6-2-3-7-10/h10H,2-9H2,1H3. The highest BCUT2D eigenvalue weighted by molar-refractivity contribution is 5.87. The van der Waals surface area contributed by atoms with Crippen LogP contribution in [0.3, 0.4) is 0 Å². The molecule has 0 aromatic rings. The van der Waals surface area contributed by atoms with E-state index in [-0.39, 0.29) is 5.41 Å². The predicted octanol–water partition coefficient (Wildman–Crippen LogP) is 3.33. The summed E-state index contributed by atoms with van der Waals surface area (Å²) in [6.45, 7) is 2.20. The summed E-state index contributed by atoms with van der Waals surface area (Å²) in [5, 5.41) is 0. The van der Waals surface area contributed by atoms with Crippen LogP contribution in [0.1, 0.15) is 58.3 Å². The molecular formula is C12H20O. The molecule has 0 N–H and O–H groups in total. The number of carbonyl (C=O) groups excluding carboxylic acids is 1. The quantitative estimate of drug-likeness (QED) is 0.637. The molecule has 74 valence electrons. The van der Waals surface area contributed by atoms with Gasteiger partial charge in [0.15, 0.2) is 0 Å². The summed E-state index contributed by atoms with van der Waals surface area (Å²) in [6.07, 6.45) is 9.77. The van der Waals surface area contributed by atoms with Gasteiger partial charge in [0.05, 0.1) is 0 Å². The van der Waals surface area contributed by atoms with Crippen LogP contribution in [0, 0.1) is 11.3 Å². The van der Waals surface area contributed by atoms with Gasteiger partial charge in [0.2, 0.25) is 0 Å². The lowest BCUT2D eigenvalue weighted by molar-refractivity contribution is -0.131. The molecule has 0 heterocycles. The van der Waals surface area contributed by atoms with Gasteiger partial charge in [-0.25, -0.2) is 0 Å². The van der Waals surface area contributed by atoms with Crippen molar-refractivity contribution in [1.82, 2.24) is 0 Å². The molecular weight excluding hydrogens is 160 g/mol. The minimum Gasteiger partial charge on any atom is -0.299 e. The van der Waals surface area contributed by atoms with Crippen LogP contribution in [0.15, 0.2) is 0 Å². The molecule has 0 spiro atoms. The van der Waals surface area contributed by atoms with Crippen LogP contribution in [0.2, 0.25) is 0 Å². The van der Waals surface area contributed by atoms with Gasteiger partial charge < -0.3 is 0 Å². The molecule has 0 saturated heterocycles. The SMILES string of the molecule is CC1(C(=O)C2CCCC2)CCCC1. The van der Waals surface area contributed by atoms with E-state index in [4.69, 9.17) is 0 Å². The maximum atomic E-state index is 12.2. The van der Waals surface area contributed by atoms with E-state index in [1.54, 1.807) is 0 Å². The lowest BCUT2D eigenvalue weighted by Crippen LogP contribution is -2.29. The first-order valence-corrected chi connectivity index (χ1v) is 5.77. The zero-order chi connectivity index (χ0) is 9.31. The second kappa shape index (κ2) is 3.43. The third kappa shape index (κ3) is 1.66. The summed E-state index contributed by atoms with van der Waals surface area (Å²) in [5.41, 5.74) is 0.0784. The van der Waals surface area contributed by atoms with Gasteiger partial charge in [0.25, 0.3) is 0 Å². The van der Waals surface area contributed by atoms with Crippen LogP contribution >= 0.6 is 0 Å². The van der Waals surface area contributed by atoms with Crippen molar-refractivity contribution in [3.8, 4) is 0 Å². The Bertz CT molecular complexity index is 195. The van der Waals surface area contributed by atoms with E-state index in [1.165, 1.54) is 38.5 Å². The normalized spacial score (nSPS) is 28.1. The van der Waals surface area contributed by atoms with Gasteiger partial charge in [0, 0.05) is 11.3 Å². The summed E-state index contributed by atoms with van der Waals surface area (Å²) in [5.74, 6) is 1.03. The minimum atomic E-state index is 0.0784. The number of ketones is 1. The van der Waals surface area contributed by atoms with Gasteiger partial charge >= 0.3 is 0 Å². The van der Waals surface area contributed by atoms with Gasteiger partial charge in [-0.1, -0.05) is 32.6 Å². The van der Waals surface area contributed by atoms with E-state index in [0.717, 1.165) is 12.8 Å². The second-order valence-electron chi connectivity index (χ2n) is 5.11. The van der Waals surface area contributed by atoms with Crippen molar-refractivity contribution in [3.63, 3.8) is 0 Å². The molecule has 0 amide bonds. The molecule has 2 aliphatic rings. The van der Waals surface area contributed by atoms with Gasteiger partial charge in [-0.05, 0) is 25.7 Å². The first-order chi connectivity index (χ1) is 6.22. The third-order valence-corrected chi connectivity index (χ3v) is 4.03. The van der Waals surface area contributed by atoms with Crippen LogP contribution in [-0.2, 0) is 4.79 Å². The fraction of sp³-hybridized carbons (Fsp3) is 0.917. The Morgan fingerprint density at radius 3 is 2.15 bits per heavy atom.